The van der Waals surface area contributed by atoms with Gasteiger partial charge in [-0.1, -0.05) is 18.2 Å². The SMILES string of the molecule is COc1ccc(NC(N)=NCC2CC(=O)Nc3ccccc32)cc1.I. The summed E-state index contributed by atoms with van der Waals surface area (Å²) in [6, 6.07) is 15.2. The molecule has 1 unspecified atom stereocenters. The van der Waals surface area contributed by atoms with Crippen LogP contribution in [0.2, 0.25) is 0 Å². The maximum Gasteiger partial charge on any atom is 0.225 e. The van der Waals surface area contributed by atoms with Crippen molar-refractivity contribution in [3.8, 4) is 5.75 Å². The third-order valence-corrected chi connectivity index (χ3v) is 3.95. The number of carbonyl (C=O) groups excluding carboxylic acids is 1. The molecule has 0 saturated carbocycles. The maximum absolute atomic E-state index is 11.8. The van der Waals surface area contributed by atoms with Crippen molar-refractivity contribution < 1.29 is 9.53 Å². The molecule has 132 valence electrons. The fourth-order valence-electron chi connectivity index (χ4n) is 2.74. The van der Waals surface area contributed by atoms with Crippen molar-refractivity contribution in [3.63, 3.8) is 0 Å². The molecule has 0 fully saturated rings. The number of methoxy groups -OCH3 is 1. The summed E-state index contributed by atoms with van der Waals surface area (Å²) >= 11 is 0. The summed E-state index contributed by atoms with van der Waals surface area (Å²) < 4.78 is 5.12. The number of anilines is 2. The number of para-hydroxylation sites is 1. The van der Waals surface area contributed by atoms with Crippen LogP contribution in [0.3, 0.4) is 0 Å². The van der Waals surface area contributed by atoms with Crippen LogP contribution in [0.15, 0.2) is 53.5 Å². The zero-order chi connectivity index (χ0) is 16.9. The molecule has 25 heavy (non-hydrogen) atoms. The highest BCUT2D eigenvalue weighted by molar-refractivity contribution is 14.0. The Hall–Kier alpha value is -2.29. The van der Waals surface area contributed by atoms with Crippen molar-refractivity contribution in [2.24, 2.45) is 10.7 Å². The van der Waals surface area contributed by atoms with E-state index in [4.69, 9.17) is 10.5 Å². The molecule has 2 aromatic carbocycles. The van der Waals surface area contributed by atoms with Crippen LogP contribution < -0.4 is 21.1 Å². The predicted octanol–water partition coefficient (Wildman–Crippen LogP) is 3.17. The van der Waals surface area contributed by atoms with Crippen LogP contribution in [0.1, 0.15) is 17.9 Å². The van der Waals surface area contributed by atoms with Crippen molar-refractivity contribution in [2.45, 2.75) is 12.3 Å². The molecule has 1 aliphatic rings. The van der Waals surface area contributed by atoms with E-state index in [0.29, 0.717) is 18.9 Å². The van der Waals surface area contributed by atoms with E-state index in [-0.39, 0.29) is 35.8 Å². The topological polar surface area (TPSA) is 88.7 Å². The van der Waals surface area contributed by atoms with Gasteiger partial charge in [-0.15, -0.1) is 24.0 Å². The van der Waals surface area contributed by atoms with Gasteiger partial charge in [0, 0.05) is 23.7 Å². The number of fused-ring (bicyclic) bond motifs is 1. The third kappa shape index (κ3) is 4.85. The average Bonchev–Trinajstić information content (AvgIpc) is 2.60. The summed E-state index contributed by atoms with van der Waals surface area (Å²) in [4.78, 5) is 16.2. The number of rotatable bonds is 4. The Kier molecular flexibility index (Phi) is 6.63. The summed E-state index contributed by atoms with van der Waals surface area (Å²) in [5, 5.41) is 5.92. The first kappa shape index (κ1) is 19.0. The number of hydrogen-bond acceptors (Lipinski definition) is 3. The first-order valence-corrected chi connectivity index (χ1v) is 7.75. The predicted molar refractivity (Wildman–Crippen MR) is 111 cm³/mol. The van der Waals surface area contributed by atoms with E-state index in [1.807, 2.05) is 48.5 Å². The third-order valence-electron chi connectivity index (χ3n) is 3.95. The zero-order valence-corrected chi connectivity index (χ0v) is 16.2. The van der Waals surface area contributed by atoms with Gasteiger partial charge in [0.05, 0.1) is 13.7 Å². The highest BCUT2D eigenvalue weighted by atomic mass is 127. The number of nitrogens with zero attached hydrogens (tertiary/aromatic N) is 1. The van der Waals surface area contributed by atoms with Crippen LogP contribution in [0.25, 0.3) is 0 Å². The van der Waals surface area contributed by atoms with Crippen molar-refractivity contribution in [2.75, 3.05) is 24.3 Å². The van der Waals surface area contributed by atoms with Gasteiger partial charge in [0.15, 0.2) is 5.96 Å². The number of nitrogens with two attached hydrogens (primary N) is 1. The van der Waals surface area contributed by atoms with Crippen molar-refractivity contribution in [1.82, 2.24) is 0 Å². The van der Waals surface area contributed by atoms with Gasteiger partial charge >= 0.3 is 0 Å². The Labute approximate surface area is 163 Å². The van der Waals surface area contributed by atoms with Crippen LogP contribution in [0, 0.1) is 0 Å². The minimum absolute atomic E-state index is 0. The molecule has 0 spiro atoms. The second kappa shape index (κ2) is 8.70. The van der Waals surface area contributed by atoms with E-state index in [9.17, 15) is 4.79 Å². The van der Waals surface area contributed by atoms with Crippen LogP contribution in [-0.4, -0.2) is 25.5 Å². The van der Waals surface area contributed by atoms with E-state index in [0.717, 1.165) is 22.7 Å². The molecule has 0 aromatic heterocycles. The monoisotopic (exact) mass is 452 g/mol. The molecular formula is C18H21IN4O2. The quantitative estimate of drug-likeness (QED) is 0.378. The lowest BCUT2D eigenvalue weighted by Crippen LogP contribution is -2.27. The molecule has 2 aromatic rings. The van der Waals surface area contributed by atoms with Crippen molar-refractivity contribution in [3.05, 3.63) is 54.1 Å². The highest BCUT2D eigenvalue weighted by Gasteiger charge is 2.24. The number of hydrogen-bond donors (Lipinski definition) is 3. The number of nitrogens with one attached hydrogen (secondary N) is 2. The Bertz CT molecular complexity index is 762. The van der Waals surface area contributed by atoms with Gasteiger partial charge in [-0.05, 0) is 35.9 Å². The van der Waals surface area contributed by atoms with Crippen molar-refractivity contribution in [1.29, 1.82) is 0 Å². The van der Waals surface area contributed by atoms with Crippen LogP contribution in [0.5, 0.6) is 5.75 Å². The van der Waals surface area contributed by atoms with E-state index < -0.39 is 0 Å². The number of amides is 1. The number of ether oxygens (including phenoxy) is 1. The van der Waals surface area contributed by atoms with Gasteiger partial charge in [-0.3, -0.25) is 9.79 Å². The minimum atomic E-state index is 0. The second-order valence-electron chi connectivity index (χ2n) is 5.62. The molecule has 0 saturated heterocycles. The molecule has 7 heteroatoms. The molecule has 4 N–H and O–H groups in total. The normalized spacial score (nSPS) is 16.3. The molecule has 1 aliphatic heterocycles. The summed E-state index contributed by atoms with van der Waals surface area (Å²) in [7, 11) is 1.62. The smallest absolute Gasteiger partial charge is 0.225 e. The second-order valence-corrected chi connectivity index (χ2v) is 5.62. The zero-order valence-electron chi connectivity index (χ0n) is 13.9. The van der Waals surface area contributed by atoms with E-state index in [2.05, 4.69) is 15.6 Å². The molecule has 3 rings (SSSR count). The molecule has 1 atom stereocenters. The standard InChI is InChI=1S/C18H20N4O2.HI/c1-24-14-8-6-13(7-9-14)21-18(19)20-11-12-10-17(23)22-16-5-3-2-4-15(12)16;/h2-9,12H,10-11H2,1H3,(H,22,23)(H3,19,20,21);1H. The molecular weight excluding hydrogens is 431 g/mol. The number of benzene rings is 2. The lowest BCUT2D eigenvalue weighted by molar-refractivity contribution is -0.116. The lowest BCUT2D eigenvalue weighted by Gasteiger charge is -2.24. The highest BCUT2D eigenvalue weighted by Crippen LogP contribution is 2.32. The van der Waals surface area contributed by atoms with Crippen LogP contribution in [0.4, 0.5) is 11.4 Å². The summed E-state index contributed by atoms with van der Waals surface area (Å²) in [5.74, 6) is 1.14. The number of carbonyl (C=O) groups is 1. The Morgan fingerprint density at radius 3 is 2.72 bits per heavy atom. The van der Waals surface area contributed by atoms with Gasteiger partial charge in [0.2, 0.25) is 5.91 Å². The van der Waals surface area contributed by atoms with Gasteiger partial charge in [-0.25, -0.2) is 0 Å². The fourth-order valence-corrected chi connectivity index (χ4v) is 2.74. The van der Waals surface area contributed by atoms with E-state index in [1.165, 1.54) is 0 Å². The lowest BCUT2D eigenvalue weighted by atomic mass is 9.91. The van der Waals surface area contributed by atoms with Gasteiger partial charge < -0.3 is 21.1 Å². The molecule has 6 nitrogen and oxygen atoms in total. The van der Waals surface area contributed by atoms with Crippen LogP contribution in [-0.2, 0) is 4.79 Å². The molecule has 1 amide bonds. The summed E-state index contributed by atoms with van der Waals surface area (Å²) in [5.41, 5.74) is 8.74. The molecule has 1 heterocycles. The number of aliphatic imine (C=N–C) groups is 1. The average molecular weight is 452 g/mol. The first-order valence-electron chi connectivity index (χ1n) is 7.75. The van der Waals surface area contributed by atoms with Crippen molar-refractivity contribution >= 4 is 47.2 Å². The van der Waals surface area contributed by atoms with Gasteiger partial charge in [0.25, 0.3) is 0 Å². The summed E-state index contributed by atoms with van der Waals surface area (Å²) in [6.07, 6.45) is 0.413. The minimum Gasteiger partial charge on any atom is -0.497 e. The molecule has 0 radical (unpaired) electrons. The number of halogens is 1. The number of guanidine groups is 1. The van der Waals surface area contributed by atoms with E-state index in [1.54, 1.807) is 7.11 Å². The maximum atomic E-state index is 11.8. The van der Waals surface area contributed by atoms with E-state index >= 15 is 0 Å². The Morgan fingerprint density at radius 2 is 2.00 bits per heavy atom. The molecule has 0 aliphatic carbocycles. The molecule has 0 bridgehead atoms. The fraction of sp³-hybridized carbons (Fsp3) is 0.222. The summed E-state index contributed by atoms with van der Waals surface area (Å²) in [6.45, 7) is 0.458. The van der Waals surface area contributed by atoms with Crippen LogP contribution >= 0.6 is 24.0 Å². The largest absolute Gasteiger partial charge is 0.497 e. The Balaban J connectivity index is 0.00000225. The van der Waals surface area contributed by atoms with Gasteiger partial charge in [0.1, 0.15) is 5.75 Å². The van der Waals surface area contributed by atoms with Gasteiger partial charge in [-0.2, -0.15) is 0 Å². The Morgan fingerprint density at radius 1 is 1.28 bits per heavy atom. The first-order chi connectivity index (χ1) is 11.7.